The van der Waals surface area contributed by atoms with Crippen LogP contribution >= 0.6 is 0 Å². The van der Waals surface area contributed by atoms with Gasteiger partial charge in [-0.25, -0.2) is 9.24 Å². The van der Waals surface area contributed by atoms with Gasteiger partial charge < -0.3 is 9.88 Å². The second kappa shape index (κ2) is 4.11. The summed E-state index contributed by atoms with van der Waals surface area (Å²) in [6.45, 7) is 8.95. The Kier molecular flexibility index (Phi) is 2.57. The van der Waals surface area contributed by atoms with Crippen molar-refractivity contribution < 1.29 is 4.39 Å². The Hall–Kier alpha value is -1.86. The van der Waals surface area contributed by atoms with Crippen LogP contribution in [0.3, 0.4) is 0 Å². The lowest BCUT2D eigenvalue weighted by Crippen LogP contribution is -2.21. The van der Waals surface area contributed by atoms with Gasteiger partial charge in [-0.15, -0.1) is 0 Å². The SMILES string of the molecule is [C-]#[N+]c1cc2[nH]c3c(c2cc1F)CCN(C)CC3. The highest BCUT2D eigenvalue weighted by atomic mass is 19.1. The Morgan fingerprint density at radius 1 is 1.33 bits per heavy atom. The average molecular weight is 243 g/mol. The number of nitrogens with one attached hydrogen (secondary N) is 1. The summed E-state index contributed by atoms with van der Waals surface area (Å²) in [4.78, 5) is 8.83. The first kappa shape index (κ1) is 11.2. The monoisotopic (exact) mass is 243 g/mol. The van der Waals surface area contributed by atoms with E-state index in [1.54, 1.807) is 6.07 Å². The lowest BCUT2D eigenvalue weighted by molar-refractivity contribution is 0.352. The lowest BCUT2D eigenvalue weighted by Gasteiger charge is -2.11. The summed E-state index contributed by atoms with van der Waals surface area (Å²) < 4.78 is 13.7. The zero-order valence-electron chi connectivity index (χ0n) is 10.3. The molecule has 0 fully saturated rings. The molecule has 0 spiro atoms. The highest BCUT2D eigenvalue weighted by molar-refractivity contribution is 5.88. The molecule has 1 aromatic heterocycles. The van der Waals surface area contributed by atoms with E-state index < -0.39 is 5.82 Å². The average Bonchev–Trinajstić information content (AvgIpc) is 2.58. The molecule has 1 aromatic carbocycles. The largest absolute Gasteiger partial charge is 0.359 e. The van der Waals surface area contributed by atoms with Gasteiger partial charge in [0.25, 0.3) is 0 Å². The maximum atomic E-state index is 13.7. The molecule has 1 aliphatic heterocycles. The first-order chi connectivity index (χ1) is 8.69. The fraction of sp³-hybridized carbons (Fsp3) is 0.357. The molecule has 18 heavy (non-hydrogen) atoms. The molecule has 1 aliphatic rings. The third-order valence-electron chi connectivity index (χ3n) is 3.67. The molecule has 1 N–H and O–H groups in total. The molecule has 3 nitrogen and oxygen atoms in total. The number of likely N-dealkylation sites (N-methyl/N-ethyl adjacent to an activating group) is 1. The molecule has 0 aliphatic carbocycles. The molecule has 0 saturated carbocycles. The van der Waals surface area contributed by atoms with Crippen LogP contribution in [0.1, 0.15) is 11.3 Å². The number of nitrogens with zero attached hydrogens (tertiary/aromatic N) is 2. The van der Waals surface area contributed by atoms with Crippen molar-refractivity contribution in [1.82, 2.24) is 9.88 Å². The smallest absolute Gasteiger partial charge is 0.224 e. The molecule has 0 atom stereocenters. The maximum Gasteiger partial charge on any atom is 0.224 e. The number of aromatic amines is 1. The number of hydrogen-bond donors (Lipinski definition) is 1. The number of halogens is 1. The molecule has 92 valence electrons. The molecule has 0 saturated heterocycles. The molecule has 0 unspecified atom stereocenters. The minimum absolute atomic E-state index is 0.0935. The van der Waals surface area contributed by atoms with E-state index in [1.807, 2.05) is 0 Å². The van der Waals surface area contributed by atoms with Gasteiger partial charge in [-0.3, -0.25) is 0 Å². The fourth-order valence-electron chi connectivity index (χ4n) is 2.62. The number of aromatic nitrogens is 1. The third-order valence-corrected chi connectivity index (χ3v) is 3.67. The van der Waals surface area contributed by atoms with Gasteiger partial charge in [0.05, 0.1) is 6.57 Å². The molecule has 0 amide bonds. The minimum atomic E-state index is -0.420. The molecular weight excluding hydrogens is 229 g/mol. The predicted molar refractivity (Wildman–Crippen MR) is 69.4 cm³/mol. The van der Waals surface area contributed by atoms with Gasteiger partial charge in [-0.1, -0.05) is 0 Å². The van der Waals surface area contributed by atoms with E-state index in [-0.39, 0.29) is 5.69 Å². The fourth-order valence-corrected chi connectivity index (χ4v) is 2.62. The third kappa shape index (κ3) is 1.68. The van der Waals surface area contributed by atoms with Crippen LogP contribution in [0.25, 0.3) is 15.7 Å². The van der Waals surface area contributed by atoms with Crippen LogP contribution in [0.2, 0.25) is 0 Å². The van der Waals surface area contributed by atoms with Crippen molar-refractivity contribution in [2.75, 3.05) is 20.1 Å². The van der Waals surface area contributed by atoms with Crippen molar-refractivity contribution in [3.05, 3.63) is 40.6 Å². The van der Waals surface area contributed by atoms with Crippen LogP contribution in [-0.4, -0.2) is 30.0 Å². The lowest BCUT2D eigenvalue weighted by atomic mass is 10.1. The summed E-state index contributed by atoms with van der Waals surface area (Å²) in [5.41, 5.74) is 3.38. The van der Waals surface area contributed by atoms with E-state index in [2.05, 4.69) is 21.8 Å². The van der Waals surface area contributed by atoms with Crippen molar-refractivity contribution in [3.63, 3.8) is 0 Å². The van der Waals surface area contributed by atoms with Gasteiger partial charge in [0, 0.05) is 36.1 Å². The van der Waals surface area contributed by atoms with Gasteiger partial charge in [0.2, 0.25) is 5.69 Å². The number of H-pyrrole nitrogens is 1. The van der Waals surface area contributed by atoms with Crippen molar-refractivity contribution in [1.29, 1.82) is 0 Å². The van der Waals surface area contributed by atoms with Crippen LogP contribution in [0, 0.1) is 12.4 Å². The number of fused-ring (bicyclic) bond motifs is 3. The van der Waals surface area contributed by atoms with Crippen LogP contribution in [0.4, 0.5) is 10.1 Å². The van der Waals surface area contributed by atoms with E-state index in [0.717, 1.165) is 36.8 Å². The van der Waals surface area contributed by atoms with Crippen molar-refractivity contribution in [2.24, 2.45) is 0 Å². The highest BCUT2D eigenvalue weighted by Gasteiger charge is 2.17. The van der Waals surface area contributed by atoms with Crippen molar-refractivity contribution in [3.8, 4) is 0 Å². The summed E-state index contributed by atoms with van der Waals surface area (Å²) in [7, 11) is 2.10. The quantitative estimate of drug-likeness (QED) is 0.706. The normalized spacial score (nSPS) is 16.3. The standard InChI is InChI=1S/C14H14FN3/c1-16-14-8-13-10(7-11(14)15)9-3-5-18(2)6-4-12(9)17-13/h7-8,17H,3-6H2,2H3. The van der Waals surface area contributed by atoms with Gasteiger partial charge >= 0.3 is 0 Å². The first-order valence-corrected chi connectivity index (χ1v) is 6.08. The second-order valence-corrected chi connectivity index (χ2v) is 4.85. The van der Waals surface area contributed by atoms with Gasteiger partial charge in [0.15, 0.2) is 0 Å². The summed E-state index contributed by atoms with van der Waals surface area (Å²) >= 11 is 0. The number of rotatable bonds is 0. The molecule has 2 heterocycles. The summed E-state index contributed by atoms with van der Waals surface area (Å²) in [6.07, 6.45) is 1.89. The van der Waals surface area contributed by atoms with Crippen LogP contribution in [0.5, 0.6) is 0 Å². The Morgan fingerprint density at radius 3 is 2.89 bits per heavy atom. The zero-order chi connectivity index (χ0) is 12.7. The van der Waals surface area contributed by atoms with Gasteiger partial charge in [0.1, 0.15) is 5.82 Å². The maximum absolute atomic E-state index is 13.7. The topological polar surface area (TPSA) is 23.4 Å². The Morgan fingerprint density at radius 2 is 2.11 bits per heavy atom. The van der Waals surface area contributed by atoms with E-state index in [0.29, 0.717) is 0 Å². The molecule has 0 radical (unpaired) electrons. The Bertz CT molecular complexity index is 651. The molecular formula is C14H14FN3. The summed E-state index contributed by atoms with van der Waals surface area (Å²) in [5.74, 6) is -0.420. The van der Waals surface area contributed by atoms with Crippen molar-refractivity contribution >= 4 is 16.6 Å². The molecule has 0 bridgehead atoms. The van der Waals surface area contributed by atoms with Gasteiger partial charge in [-0.2, -0.15) is 0 Å². The molecule has 4 heteroatoms. The zero-order valence-corrected chi connectivity index (χ0v) is 10.3. The van der Waals surface area contributed by atoms with E-state index >= 15 is 0 Å². The Balaban J connectivity index is 2.19. The van der Waals surface area contributed by atoms with Crippen molar-refractivity contribution in [2.45, 2.75) is 12.8 Å². The summed E-state index contributed by atoms with van der Waals surface area (Å²) in [6, 6.07) is 3.12. The minimum Gasteiger partial charge on any atom is -0.359 e. The van der Waals surface area contributed by atoms with Crippen LogP contribution in [-0.2, 0) is 12.8 Å². The second-order valence-electron chi connectivity index (χ2n) is 4.85. The van der Waals surface area contributed by atoms with Crippen LogP contribution in [0.15, 0.2) is 12.1 Å². The molecule has 2 aromatic rings. The van der Waals surface area contributed by atoms with E-state index in [9.17, 15) is 4.39 Å². The first-order valence-electron chi connectivity index (χ1n) is 6.08. The summed E-state index contributed by atoms with van der Waals surface area (Å²) in [5, 5.41) is 0.935. The van der Waals surface area contributed by atoms with Crippen LogP contribution < -0.4 is 0 Å². The number of benzene rings is 1. The predicted octanol–water partition coefficient (Wildman–Crippen LogP) is 2.89. The number of hydrogen-bond acceptors (Lipinski definition) is 1. The van der Waals surface area contributed by atoms with E-state index in [1.165, 1.54) is 17.3 Å². The molecule has 3 rings (SSSR count). The Labute approximate surface area is 105 Å². The van der Waals surface area contributed by atoms with E-state index in [4.69, 9.17) is 6.57 Å². The highest BCUT2D eigenvalue weighted by Crippen LogP contribution is 2.30. The van der Waals surface area contributed by atoms with Gasteiger partial charge in [-0.05, 0) is 31.2 Å².